The molecule has 17 N–H and O–H groups in total. The molecule has 490 valence electrons. The lowest BCUT2D eigenvalue weighted by molar-refractivity contribution is -0.145. The maximum Gasteiger partial charge on any atom is 0.326 e. The Hall–Kier alpha value is -8.96. The van der Waals surface area contributed by atoms with Crippen molar-refractivity contribution >= 4 is 82.9 Å². The molecule has 10 amide bonds. The van der Waals surface area contributed by atoms with Gasteiger partial charge in [-0.2, -0.15) is 11.8 Å². The van der Waals surface area contributed by atoms with E-state index in [1.165, 1.54) is 41.7 Å². The molecule has 0 radical (unpaired) electrons. The van der Waals surface area contributed by atoms with Crippen LogP contribution in [0.1, 0.15) is 109 Å². The smallest absolute Gasteiger partial charge is 0.326 e. The molecule has 0 spiro atoms. The molecule has 30 heteroatoms. The number of likely N-dealkylation sites (tertiary alicyclic amines) is 1. The van der Waals surface area contributed by atoms with Crippen LogP contribution in [0, 0.1) is 11.8 Å². The Morgan fingerprint density at radius 3 is 2.03 bits per heavy atom. The van der Waals surface area contributed by atoms with Crippen LogP contribution >= 0.6 is 11.8 Å². The minimum atomic E-state index is -1.62. The zero-order valence-corrected chi connectivity index (χ0v) is 51.7. The lowest BCUT2D eigenvalue weighted by Crippen LogP contribution is -2.62. The van der Waals surface area contributed by atoms with Crippen LogP contribution in [0.2, 0.25) is 0 Å². The van der Waals surface area contributed by atoms with Gasteiger partial charge in [0.05, 0.1) is 24.8 Å². The predicted octanol–water partition coefficient (Wildman–Crippen LogP) is -0.431. The molecule has 90 heavy (non-hydrogen) atoms. The van der Waals surface area contributed by atoms with Crippen molar-refractivity contribution in [3.63, 3.8) is 0 Å². The summed E-state index contributed by atoms with van der Waals surface area (Å²) in [5.74, 6) is -9.95. The van der Waals surface area contributed by atoms with Crippen molar-refractivity contribution < 1.29 is 68.1 Å². The molecule has 3 fully saturated rings. The number of imidazole rings is 1. The van der Waals surface area contributed by atoms with Gasteiger partial charge in [0.25, 0.3) is 0 Å². The van der Waals surface area contributed by atoms with E-state index in [-0.39, 0.29) is 93.1 Å². The molecule has 29 nitrogen and oxygen atoms in total. The number of rotatable bonds is 35. The fourth-order valence-corrected chi connectivity index (χ4v) is 12.5. The summed E-state index contributed by atoms with van der Waals surface area (Å²) >= 11 is 1.72. The Morgan fingerprint density at radius 2 is 1.38 bits per heavy atom. The number of aliphatic carboxylic acids is 2. The first-order valence-corrected chi connectivity index (χ1v) is 31.4. The van der Waals surface area contributed by atoms with Gasteiger partial charge in [-0.1, -0.05) is 83.0 Å². The van der Waals surface area contributed by atoms with Crippen molar-refractivity contribution in [3.05, 3.63) is 83.9 Å². The van der Waals surface area contributed by atoms with E-state index in [9.17, 15) is 68.1 Å². The number of carbonyl (C=O) groups excluding carboxylic acids is 9. The minimum absolute atomic E-state index is 0.00400. The number of nitrogens with zero attached hydrogens (tertiary/aromatic N) is 3. The first kappa shape index (κ1) is 70.1. The lowest BCUT2D eigenvalue weighted by Gasteiger charge is -2.32. The molecule has 3 aromatic rings. The molecule has 0 bridgehead atoms. The number of amides is 10. The third-order valence-electron chi connectivity index (χ3n) is 16.1. The molecule has 6 rings (SSSR count). The number of hydrogen-bond acceptors (Lipinski definition) is 15. The molecule has 12 atom stereocenters. The number of thioether (sulfide) groups is 1. The number of unbranched alkanes of at least 4 members (excludes halogenated alkanes) is 1. The van der Waals surface area contributed by atoms with Gasteiger partial charge >= 0.3 is 18.0 Å². The summed E-state index contributed by atoms with van der Waals surface area (Å²) in [6, 6.07) is 3.24. The maximum absolute atomic E-state index is 14.8. The monoisotopic (exact) mass is 1270 g/mol. The Labute approximate surface area is 525 Å². The maximum atomic E-state index is 14.8. The Balaban J connectivity index is 1.17. The average molecular weight is 1270 g/mol. The minimum Gasteiger partial charge on any atom is -0.508 e. The van der Waals surface area contributed by atoms with Crippen molar-refractivity contribution in [1.29, 1.82) is 0 Å². The second-order valence-electron chi connectivity index (χ2n) is 23.3. The summed E-state index contributed by atoms with van der Waals surface area (Å²) in [4.78, 5) is 163. The van der Waals surface area contributed by atoms with E-state index >= 15 is 0 Å². The number of nitrogens with two attached hydrogens (primary N) is 2. The molecule has 1 aromatic heterocycles. The molecule has 3 aliphatic rings. The number of nitrogens with one attached hydrogen (secondary N) is 10. The molecular formula is C60H85N15O14S. The van der Waals surface area contributed by atoms with E-state index in [0.717, 1.165) is 5.75 Å². The fourth-order valence-electron chi connectivity index (χ4n) is 11.0. The molecular weight excluding hydrogens is 1190 g/mol. The summed E-state index contributed by atoms with van der Waals surface area (Å²) in [6.45, 7) is 6.80. The highest BCUT2D eigenvalue weighted by atomic mass is 32.2. The van der Waals surface area contributed by atoms with Crippen LogP contribution in [-0.2, 0) is 67.2 Å². The highest BCUT2D eigenvalue weighted by Gasteiger charge is 2.44. The highest BCUT2D eigenvalue weighted by molar-refractivity contribution is 8.00. The third kappa shape index (κ3) is 21.1. The molecule has 2 aromatic carbocycles. The van der Waals surface area contributed by atoms with E-state index < -0.39 is 126 Å². The van der Waals surface area contributed by atoms with Crippen LogP contribution in [0.3, 0.4) is 0 Å². The van der Waals surface area contributed by atoms with Gasteiger partial charge in [0, 0.05) is 61.7 Å². The first-order chi connectivity index (χ1) is 42.9. The largest absolute Gasteiger partial charge is 0.508 e. The van der Waals surface area contributed by atoms with Gasteiger partial charge in [-0.3, -0.25) is 48.1 Å². The topological polar surface area (TPSA) is 453 Å². The number of carboxylic acids is 2. The van der Waals surface area contributed by atoms with Crippen LogP contribution in [0.4, 0.5) is 4.79 Å². The van der Waals surface area contributed by atoms with Crippen LogP contribution in [0.25, 0.3) is 0 Å². The van der Waals surface area contributed by atoms with Gasteiger partial charge in [-0.05, 0) is 73.6 Å². The molecule has 3 saturated heterocycles. The number of urea groups is 1. The summed E-state index contributed by atoms with van der Waals surface area (Å²) in [6.07, 6.45) is 4.21. The van der Waals surface area contributed by atoms with Gasteiger partial charge < -0.3 is 84.5 Å². The van der Waals surface area contributed by atoms with E-state index in [2.05, 4.69) is 62.8 Å². The highest BCUT2D eigenvalue weighted by Crippen LogP contribution is 2.33. The fraction of sp³-hybridized carbons (Fsp3) is 0.550. The number of aromatic hydroxyl groups is 1. The molecule has 3 aliphatic heterocycles. The molecule has 0 saturated carbocycles. The van der Waals surface area contributed by atoms with Gasteiger partial charge in [0.1, 0.15) is 54.1 Å². The number of fused-ring (bicyclic) bond motifs is 1. The summed E-state index contributed by atoms with van der Waals surface area (Å²) in [5, 5.41) is 54.5. The summed E-state index contributed by atoms with van der Waals surface area (Å²) < 4.78 is 0. The molecule has 0 aliphatic carbocycles. The zero-order chi connectivity index (χ0) is 65.6. The van der Waals surface area contributed by atoms with Crippen molar-refractivity contribution in [3.8, 4) is 5.75 Å². The summed E-state index contributed by atoms with van der Waals surface area (Å²) in [7, 11) is 0. The average Bonchev–Trinajstić information content (AvgIpc) is 1.80. The third-order valence-corrected chi connectivity index (χ3v) is 17.6. The lowest BCUT2D eigenvalue weighted by atomic mass is 9.96. The van der Waals surface area contributed by atoms with Gasteiger partial charge in [0.15, 0.2) is 5.96 Å². The zero-order valence-electron chi connectivity index (χ0n) is 50.9. The molecule has 12 unspecified atom stereocenters. The van der Waals surface area contributed by atoms with Gasteiger partial charge in [-0.15, -0.1) is 0 Å². The standard InChI is InChI=1S/C60H85N15O14S/c1-5-33(4)49(56(85)69-41(27-36-29-63-31-65-36)57(86)75-24-12-16-44(75)54(83)70-42(58(87)88)26-34-13-7-6-8-14-34)73-53(82)39(25-35-19-21-37(76)22-20-35)68-55(84)48(32(2)3)72-51(80)38(15-11-23-64-59(61)62)67-52(81)40(28-47(78)79)66-46(77)18-10-9-17-45-50-43(30-90-45)71-60(89)74-50/h6-8,13-14,19-22,29,31-33,38-45,48-50,76H,5,9-12,15-18,23-28,30H2,1-4H3,(H,63,65)(H,66,77)(H,67,81)(H,68,84)(H,69,85)(H,70,83)(H,72,80)(H,73,82)(H,78,79)(H,87,88)(H4,61,62,64)(H2,71,74,89). The van der Waals surface area contributed by atoms with Crippen molar-refractivity contribution in [2.75, 3.05) is 18.8 Å². The van der Waals surface area contributed by atoms with Crippen molar-refractivity contribution in [2.24, 2.45) is 28.3 Å². The van der Waals surface area contributed by atoms with Crippen LogP contribution in [0.5, 0.6) is 5.75 Å². The number of benzene rings is 2. The predicted molar refractivity (Wildman–Crippen MR) is 331 cm³/mol. The number of aromatic nitrogens is 2. The Kier molecular flexibility index (Phi) is 26.6. The SMILES string of the molecule is CCC(C)C(NC(=O)C(Cc1ccc(O)cc1)NC(=O)C(NC(=O)C(CCCN=C(N)N)NC(=O)C(CC(=O)O)NC(=O)CCCCC1SCC2NC(=O)NC21)C(C)C)C(=O)NC(Cc1cnc[nH]1)C(=O)N1CCCC1C(=O)NC(Cc1ccccc1)C(=O)O. The van der Waals surface area contributed by atoms with E-state index in [4.69, 9.17) is 11.5 Å². The Morgan fingerprint density at radius 1 is 0.733 bits per heavy atom. The normalized spacial score (nSPS) is 19.3. The second kappa shape index (κ2) is 34.1. The van der Waals surface area contributed by atoms with E-state index in [1.807, 2.05) is 0 Å². The van der Waals surface area contributed by atoms with Crippen LogP contribution in [-0.4, -0.2) is 186 Å². The first-order valence-electron chi connectivity index (χ1n) is 30.3. The van der Waals surface area contributed by atoms with E-state index in [1.54, 1.807) is 69.8 Å². The van der Waals surface area contributed by atoms with Crippen molar-refractivity contribution in [1.82, 2.24) is 62.7 Å². The number of hydrogen-bond donors (Lipinski definition) is 15. The number of aromatic amines is 1. The number of phenols is 1. The number of H-pyrrole nitrogens is 1. The van der Waals surface area contributed by atoms with E-state index in [0.29, 0.717) is 48.9 Å². The number of phenolic OH excluding ortho intramolecular Hbond substituents is 1. The van der Waals surface area contributed by atoms with Gasteiger partial charge in [-0.25, -0.2) is 14.6 Å². The molecule has 4 heterocycles. The number of aliphatic imine (C=N–C) groups is 1. The second-order valence-corrected chi connectivity index (χ2v) is 24.5. The number of carboxylic acid groups (broad SMARTS) is 2. The van der Waals surface area contributed by atoms with Gasteiger partial charge in [0.2, 0.25) is 47.3 Å². The van der Waals surface area contributed by atoms with Crippen molar-refractivity contribution in [2.45, 2.75) is 177 Å². The van der Waals surface area contributed by atoms with Crippen LogP contribution < -0.4 is 59.3 Å². The van der Waals surface area contributed by atoms with Crippen LogP contribution in [0.15, 0.2) is 72.1 Å². The number of carbonyl (C=O) groups is 11. The Bertz CT molecular complexity index is 3010. The number of guanidine groups is 1. The summed E-state index contributed by atoms with van der Waals surface area (Å²) in [5.41, 5.74) is 12.6. The quantitative estimate of drug-likeness (QED) is 0.0154.